The van der Waals surface area contributed by atoms with Gasteiger partial charge in [-0.1, -0.05) is 153 Å². The third kappa shape index (κ3) is 9.28. The zero-order chi connectivity index (χ0) is 31.2. The summed E-state index contributed by atoms with van der Waals surface area (Å²) in [5.74, 6) is 0. The van der Waals surface area contributed by atoms with Crippen LogP contribution < -0.4 is 10.9 Å². The van der Waals surface area contributed by atoms with E-state index in [1.165, 1.54) is 149 Å². The van der Waals surface area contributed by atoms with Crippen LogP contribution in [0, 0.1) is 0 Å². The van der Waals surface area contributed by atoms with Crippen LogP contribution in [0.1, 0.15) is 153 Å². The first-order valence-corrected chi connectivity index (χ1v) is 19.0. The molecule has 0 amide bonds. The molecular weight excluding hydrogens is 554 g/mol. The van der Waals surface area contributed by atoms with E-state index in [2.05, 4.69) is 50.2 Å². The van der Waals surface area contributed by atoms with Crippen molar-refractivity contribution in [1.82, 2.24) is 0 Å². The van der Waals surface area contributed by atoms with Crippen LogP contribution in [0.3, 0.4) is 0 Å². The molecule has 2 saturated heterocycles. The molecule has 2 aliphatic heterocycles. The highest BCUT2D eigenvalue weighted by atomic mass is 16.6. The minimum Gasteiger partial charge on any atom is -0.407 e. The predicted molar refractivity (Wildman–Crippen MR) is 191 cm³/mol. The van der Waals surface area contributed by atoms with Gasteiger partial charge < -0.3 is 18.6 Å². The molecule has 4 nitrogen and oxygen atoms in total. The molecule has 0 radical (unpaired) electrons. The van der Waals surface area contributed by atoms with E-state index in [0.29, 0.717) is 0 Å². The van der Waals surface area contributed by atoms with Gasteiger partial charge in [-0.25, -0.2) is 0 Å². The van der Waals surface area contributed by atoms with Crippen LogP contribution in [0.4, 0.5) is 0 Å². The van der Waals surface area contributed by atoms with Crippen LogP contribution >= 0.6 is 0 Å². The lowest BCUT2D eigenvalue weighted by atomic mass is 9.67. The van der Waals surface area contributed by atoms with E-state index >= 15 is 0 Å². The minimum atomic E-state index is -0.253. The number of rotatable bonds is 20. The van der Waals surface area contributed by atoms with Crippen LogP contribution in [0.25, 0.3) is 11.1 Å². The Hall–Kier alpha value is -1.59. The molecule has 3 aliphatic rings. The van der Waals surface area contributed by atoms with Gasteiger partial charge in [-0.15, -0.1) is 0 Å². The third-order valence-corrected chi connectivity index (χ3v) is 10.5. The van der Waals surface area contributed by atoms with Crippen molar-refractivity contribution in [3.63, 3.8) is 0 Å². The molecular formula is C39H60B2O4. The Bertz CT molecular complexity index is 1050. The van der Waals surface area contributed by atoms with Gasteiger partial charge in [0.2, 0.25) is 0 Å². The summed E-state index contributed by atoms with van der Waals surface area (Å²) in [6.45, 7) is 7.70. The second-order valence-electron chi connectivity index (χ2n) is 14.0. The molecule has 1 aliphatic carbocycles. The maximum absolute atomic E-state index is 6.12. The van der Waals surface area contributed by atoms with Gasteiger partial charge >= 0.3 is 14.2 Å². The molecule has 45 heavy (non-hydrogen) atoms. The van der Waals surface area contributed by atoms with Crippen molar-refractivity contribution < 1.29 is 18.6 Å². The van der Waals surface area contributed by atoms with Gasteiger partial charge in [0.15, 0.2) is 0 Å². The van der Waals surface area contributed by atoms with Gasteiger partial charge in [0.05, 0.1) is 0 Å². The standard InChI is InChI=1S/C39H60B2O4/c1-3-5-7-9-11-13-15-17-25-39(26-18-16-14-12-10-8-6-4-2)37-31-33(40-42-27-19-28-43-40)21-23-35(37)36-24-22-34(32-38(36)39)41-44-29-20-30-45-41/h21-24,31-32H,3-20,25-30H2,1-2H3. The summed E-state index contributed by atoms with van der Waals surface area (Å²) >= 11 is 0. The first-order valence-electron chi connectivity index (χ1n) is 19.0. The van der Waals surface area contributed by atoms with Crippen LogP contribution in [-0.4, -0.2) is 40.7 Å². The third-order valence-electron chi connectivity index (χ3n) is 10.5. The second-order valence-corrected chi connectivity index (χ2v) is 14.0. The molecule has 246 valence electrons. The summed E-state index contributed by atoms with van der Waals surface area (Å²) in [7, 11) is -0.507. The normalized spacial score (nSPS) is 17.5. The Labute approximate surface area is 276 Å². The lowest BCUT2D eigenvalue weighted by molar-refractivity contribution is 0.143. The maximum Gasteiger partial charge on any atom is 0.493 e. The van der Waals surface area contributed by atoms with Crippen molar-refractivity contribution in [3.05, 3.63) is 47.5 Å². The highest BCUT2D eigenvalue weighted by Crippen LogP contribution is 2.53. The minimum absolute atomic E-state index is 0.00441. The first-order chi connectivity index (χ1) is 22.3. The topological polar surface area (TPSA) is 36.9 Å². The molecule has 0 bridgehead atoms. The average molecular weight is 615 g/mol. The molecule has 0 aromatic heterocycles. The van der Waals surface area contributed by atoms with Gasteiger partial charge in [0.1, 0.15) is 0 Å². The summed E-state index contributed by atoms with van der Waals surface area (Å²) in [6, 6.07) is 14.2. The first kappa shape index (κ1) is 34.7. The summed E-state index contributed by atoms with van der Waals surface area (Å²) < 4.78 is 24.5. The largest absolute Gasteiger partial charge is 0.493 e. The molecule has 2 heterocycles. The molecule has 2 aromatic carbocycles. The molecule has 0 atom stereocenters. The van der Waals surface area contributed by atoms with E-state index in [1.807, 2.05) is 0 Å². The number of hydrogen-bond acceptors (Lipinski definition) is 4. The number of benzene rings is 2. The molecule has 2 fully saturated rings. The molecule has 6 heteroatoms. The van der Waals surface area contributed by atoms with E-state index in [1.54, 1.807) is 0 Å². The van der Waals surface area contributed by atoms with E-state index < -0.39 is 0 Å². The SMILES string of the molecule is CCCCCCCCCCC1(CCCCCCCCCC)c2cc(B3OCCCO3)ccc2-c2ccc(B3OCCCO3)cc21. The van der Waals surface area contributed by atoms with Crippen molar-refractivity contribution in [3.8, 4) is 11.1 Å². The van der Waals surface area contributed by atoms with Gasteiger partial charge in [-0.2, -0.15) is 0 Å². The van der Waals surface area contributed by atoms with Crippen molar-refractivity contribution in [2.24, 2.45) is 0 Å². The van der Waals surface area contributed by atoms with Crippen molar-refractivity contribution in [1.29, 1.82) is 0 Å². The lowest BCUT2D eigenvalue weighted by Crippen LogP contribution is -2.42. The Kier molecular flexibility index (Phi) is 14.4. The molecule has 2 aromatic rings. The monoisotopic (exact) mass is 614 g/mol. The van der Waals surface area contributed by atoms with Crippen LogP contribution in [0.5, 0.6) is 0 Å². The molecule has 0 spiro atoms. The smallest absolute Gasteiger partial charge is 0.407 e. The van der Waals surface area contributed by atoms with E-state index in [0.717, 1.165) is 39.3 Å². The fraction of sp³-hybridized carbons (Fsp3) is 0.692. The fourth-order valence-corrected chi connectivity index (χ4v) is 7.97. The van der Waals surface area contributed by atoms with Crippen molar-refractivity contribution >= 4 is 25.2 Å². The summed E-state index contributed by atoms with van der Waals surface area (Å²) in [4.78, 5) is 0. The van der Waals surface area contributed by atoms with Gasteiger partial charge in [0.25, 0.3) is 0 Å². The van der Waals surface area contributed by atoms with Crippen molar-refractivity contribution in [2.75, 3.05) is 26.4 Å². The van der Waals surface area contributed by atoms with Crippen LogP contribution in [-0.2, 0) is 24.0 Å². The second kappa shape index (κ2) is 18.7. The Morgan fingerprint density at radius 3 is 1.22 bits per heavy atom. The predicted octanol–water partition coefficient (Wildman–Crippen LogP) is 9.28. The van der Waals surface area contributed by atoms with Crippen LogP contribution in [0.15, 0.2) is 36.4 Å². The van der Waals surface area contributed by atoms with Gasteiger partial charge in [-0.3, -0.25) is 0 Å². The molecule has 0 saturated carbocycles. The Morgan fingerprint density at radius 2 is 0.844 bits per heavy atom. The van der Waals surface area contributed by atoms with E-state index in [-0.39, 0.29) is 19.7 Å². The Morgan fingerprint density at radius 1 is 0.489 bits per heavy atom. The average Bonchev–Trinajstić information content (AvgIpc) is 3.36. The number of unbranched alkanes of at least 4 members (excludes halogenated alkanes) is 14. The zero-order valence-electron chi connectivity index (χ0n) is 28.7. The number of fused-ring (bicyclic) bond motifs is 3. The Balaban J connectivity index is 1.41. The quantitative estimate of drug-likeness (QED) is 0.110. The number of hydrogen-bond donors (Lipinski definition) is 0. The van der Waals surface area contributed by atoms with E-state index in [9.17, 15) is 0 Å². The summed E-state index contributed by atoms with van der Waals surface area (Å²) in [5.41, 5.74) is 8.17. The van der Waals surface area contributed by atoms with Gasteiger partial charge in [-0.05, 0) is 58.9 Å². The highest BCUT2D eigenvalue weighted by Gasteiger charge is 2.44. The maximum atomic E-state index is 6.12. The highest BCUT2D eigenvalue weighted by molar-refractivity contribution is 6.62. The summed E-state index contributed by atoms with van der Waals surface area (Å²) in [6.07, 6.45) is 25.9. The zero-order valence-corrected chi connectivity index (χ0v) is 28.7. The summed E-state index contributed by atoms with van der Waals surface area (Å²) in [5, 5.41) is 0. The van der Waals surface area contributed by atoms with Crippen LogP contribution in [0.2, 0.25) is 0 Å². The van der Waals surface area contributed by atoms with Gasteiger partial charge in [0, 0.05) is 31.8 Å². The molecule has 5 rings (SSSR count). The molecule has 0 unspecified atom stereocenters. The lowest BCUT2D eigenvalue weighted by Gasteiger charge is -2.34. The van der Waals surface area contributed by atoms with E-state index in [4.69, 9.17) is 18.6 Å². The van der Waals surface area contributed by atoms with Crippen molar-refractivity contribution in [2.45, 2.75) is 148 Å². The fourth-order valence-electron chi connectivity index (χ4n) is 7.97. The molecule has 0 N–H and O–H groups in total.